The lowest BCUT2D eigenvalue weighted by Crippen LogP contribution is -2.35. The van der Waals surface area contributed by atoms with Crippen molar-refractivity contribution in [2.24, 2.45) is 0 Å². The fraction of sp³-hybridized carbons (Fsp3) is 0.333. The van der Waals surface area contributed by atoms with Gasteiger partial charge in [0.2, 0.25) is 0 Å². The molecule has 0 spiro atoms. The van der Waals surface area contributed by atoms with Crippen molar-refractivity contribution in [3.63, 3.8) is 0 Å². The van der Waals surface area contributed by atoms with Crippen molar-refractivity contribution in [3.05, 3.63) is 54.6 Å². The number of rotatable bonds is 3. The monoisotopic (exact) mass is 267 g/mol. The Bertz CT molecular complexity index is 527. The zero-order valence-corrected chi connectivity index (χ0v) is 12.0. The molecule has 1 aliphatic rings. The van der Waals surface area contributed by atoms with Crippen LogP contribution < -0.4 is 4.74 Å². The summed E-state index contributed by atoms with van der Waals surface area (Å²) in [4.78, 5) is 2.36. The minimum atomic E-state index is 0.369. The van der Waals surface area contributed by atoms with E-state index in [9.17, 15) is 0 Å². The highest BCUT2D eigenvalue weighted by molar-refractivity contribution is 5.63. The molecule has 0 amide bonds. The summed E-state index contributed by atoms with van der Waals surface area (Å²) in [5, 5.41) is 0. The molecule has 0 radical (unpaired) electrons. The first kappa shape index (κ1) is 13.2. The van der Waals surface area contributed by atoms with E-state index in [1.807, 2.05) is 6.07 Å². The first-order valence-corrected chi connectivity index (χ1v) is 7.32. The number of ether oxygens (including phenoxy) is 1. The minimum absolute atomic E-state index is 0.369. The lowest BCUT2D eigenvalue weighted by molar-refractivity contribution is 0.114. The molecule has 1 fully saturated rings. The molecule has 1 heterocycles. The van der Waals surface area contributed by atoms with Crippen molar-refractivity contribution in [3.8, 4) is 16.9 Å². The fourth-order valence-corrected chi connectivity index (χ4v) is 2.65. The molecule has 0 unspecified atom stereocenters. The standard InChI is InChI=1S/C18H21NO/c1-19-13-11-18(12-14-19)20-17-9-7-16(8-10-17)15-5-3-2-4-6-15/h2-10,18H,11-14H2,1H3. The average Bonchev–Trinajstić information content (AvgIpc) is 2.51. The molecule has 1 saturated heterocycles. The third-order valence-corrected chi connectivity index (χ3v) is 3.93. The third-order valence-electron chi connectivity index (χ3n) is 3.93. The van der Waals surface area contributed by atoms with Crippen molar-refractivity contribution in [2.75, 3.05) is 20.1 Å². The lowest BCUT2D eigenvalue weighted by Gasteiger charge is -2.29. The fourth-order valence-electron chi connectivity index (χ4n) is 2.65. The molecule has 2 aromatic rings. The van der Waals surface area contributed by atoms with Gasteiger partial charge in [0.1, 0.15) is 11.9 Å². The van der Waals surface area contributed by atoms with E-state index in [4.69, 9.17) is 4.74 Å². The molecular weight excluding hydrogens is 246 g/mol. The Morgan fingerprint density at radius 1 is 0.850 bits per heavy atom. The molecule has 2 aromatic carbocycles. The quantitative estimate of drug-likeness (QED) is 0.838. The van der Waals surface area contributed by atoms with Crippen LogP contribution >= 0.6 is 0 Å². The van der Waals surface area contributed by atoms with Gasteiger partial charge >= 0.3 is 0 Å². The molecule has 0 bridgehead atoms. The van der Waals surface area contributed by atoms with Crippen LogP contribution in [0, 0.1) is 0 Å². The van der Waals surface area contributed by atoms with E-state index in [0.717, 1.165) is 31.7 Å². The highest BCUT2D eigenvalue weighted by Gasteiger charge is 2.17. The molecular formula is C18H21NO. The first-order valence-electron chi connectivity index (χ1n) is 7.32. The van der Waals surface area contributed by atoms with Gasteiger partial charge in [-0.15, -0.1) is 0 Å². The second-order valence-corrected chi connectivity index (χ2v) is 5.51. The maximum absolute atomic E-state index is 6.07. The van der Waals surface area contributed by atoms with Crippen LogP contribution in [-0.2, 0) is 0 Å². The highest BCUT2D eigenvalue weighted by Crippen LogP contribution is 2.24. The van der Waals surface area contributed by atoms with Crippen molar-refractivity contribution in [2.45, 2.75) is 18.9 Å². The van der Waals surface area contributed by atoms with E-state index >= 15 is 0 Å². The highest BCUT2D eigenvalue weighted by atomic mass is 16.5. The van der Waals surface area contributed by atoms with Gasteiger partial charge in [0.05, 0.1) is 0 Å². The summed E-state index contributed by atoms with van der Waals surface area (Å²) < 4.78 is 6.07. The van der Waals surface area contributed by atoms with Crippen molar-refractivity contribution < 1.29 is 4.74 Å². The van der Waals surface area contributed by atoms with Gasteiger partial charge in [0.15, 0.2) is 0 Å². The van der Waals surface area contributed by atoms with Crippen LogP contribution in [-0.4, -0.2) is 31.1 Å². The molecule has 0 saturated carbocycles. The number of nitrogens with zero attached hydrogens (tertiary/aromatic N) is 1. The number of hydrogen-bond acceptors (Lipinski definition) is 2. The average molecular weight is 267 g/mol. The molecule has 0 atom stereocenters. The predicted molar refractivity (Wildman–Crippen MR) is 83.0 cm³/mol. The van der Waals surface area contributed by atoms with E-state index in [1.165, 1.54) is 11.1 Å². The Labute approximate surface area is 121 Å². The molecule has 2 nitrogen and oxygen atoms in total. The summed E-state index contributed by atoms with van der Waals surface area (Å²) in [5.41, 5.74) is 2.49. The SMILES string of the molecule is CN1CCC(Oc2ccc(-c3ccccc3)cc2)CC1. The Balaban J connectivity index is 1.65. The van der Waals surface area contributed by atoms with Gasteiger partial charge in [-0.2, -0.15) is 0 Å². The zero-order chi connectivity index (χ0) is 13.8. The Morgan fingerprint density at radius 2 is 1.45 bits per heavy atom. The van der Waals surface area contributed by atoms with Crippen molar-refractivity contribution in [1.82, 2.24) is 4.90 Å². The number of piperidine rings is 1. The van der Waals surface area contributed by atoms with Gasteiger partial charge in [0, 0.05) is 13.1 Å². The maximum Gasteiger partial charge on any atom is 0.119 e. The summed E-state index contributed by atoms with van der Waals surface area (Å²) in [7, 11) is 2.17. The van der Waals surface area contributed by atoms with Crippen LogP contribution in [0.15, 0.2) is 54.6 Å². The normalized spacial score (nSPS) is 17.1. The molecule has 1 aliphatic heterocycles. The van der Waals surface area contributed by atoms with Gasteiger partial charge in [-0.05, 0) is 43.1 Å². The van der Waals surface area contributed by atoms with Gasteiger partial charge < -0.3 is 9.64 Å². The van der Waals surface area contributed by atoms with Gasteiger partial charge in [0.25, 0.3) is 0 Å². The third kappa shape index (κ3) is 3.20. The largest absolute Gasteiger partial charge is 0.490 e. The van der Waals surface area contributed by atoms with Crippen LogP contribution in [0.2, 0.25) is 0 Å². The van der Waals surface area contributed by atoms with Crippen molar-refractivity contribution >= 4 is 0 Å². The van der Waals surface area contributed by atoms with Gasteiger partial charge in [-0.25, -0.2) is 0 Å². The summed E-state index contributed by atoms with van der Waals surface area (Å²) in [6.07, 6.45) is 2.61. The predicted octanol–water partition coefficient (Wildman–Crippen LogP) is 3.83. The Morgan fingerprint density at radius 3 is 2.10 bits per heavy atom. The van der Waals surface area contributed by atoms with E-state index in [0.29, 0.717) is 6.10 Å². The Hall–Kier alpha value is -1.80. The second kappa shape index (κ2) is 6.10. The smallest absolute Gasteiger partial charge is 0.119 e. The number of likely N-dealkylation sites (tertiary alicyclic amines) is 1. The summed E-state index contributed by atoms with van der Waals surface area (Å²) >= 11 is 0. The zero-order valence-electron chi connectivity index (χ0n) is 12.0. The van der Waals surface area contributed by atoms with Crippen LogP contribution in [0.3, 0.4) is 0 Å². The van der Waals surface area contributed by atoms with Crippen LogP contribution in [0.1, 0.15) is 12.8 Å². The summed E-state index contributed by atoms with van der Waals surface area (Å²) in [6.45, 7) is 2.26. The maximum atomic E-state index is 6.07. The van der Waals surface area contributed by atoms with Crippen LogP contribution in [0.25, 0.3) is 11.1 Å². The van der Waals surface area contributed by atoms with Gasteiger partial charge in [-0.3, -0.25) is 0 Å². The summed E-state index contributed by atoms with van der Waals surface area (Å²) in [5.74, 6) is 0.985. The first-order chi connectivity index (χ1) is 9.81. The molecule has 104 valence electrons. The molecule has 3 rings (SSSR count). The topological polar surface area (TPSA) is 12.5 Å². The van der Waals surface area contributed by atoms with Crippen LogP contribution in [0.5, 0.6) is 5.75 Å². The molecule has 20 heavy (non-hydrogen) atoms. The minimum Gasteiger partial charge on any atom is -0.490 e. The Kier molecular flexibility index (Phi) is 4.03. The molecule has 2 heteroatoms. The van der Waals surface area contributed by atoms with E-state index in [2.05, 4.69) is 60.5 Å². The number of hydrogen-bond donors (Lipinski definition) is 0. The molecule has 0 aromatic heterocycles. The van der Waals surface area contributed by atoms with E-state index in [-0.39, 0.29) is 0 Å². The van der Waals surface area contributed by atoms with E-state index < -0.39 is 0 Å². The second-order valence-electron chi connectivity index (χ2n) is 5.51. The molecule has 0 aliphatic carbocycles. The van der Waals surface area contributed by atoms with E-state index in [1.54, 1.807) is 0 Å². The number of benzene rings is 2. The lowest BCUT2D eigenvalue weighted by atomic mass is 10.1. The molecule has 0 N–H and O–H groups in total. The summed E-state index contributed by atoms with van der Waals surface area (Å²) in [6, 6.07) is 18.9. The van der Waals surface area contributed by atoms with Crippen LogP contribution in [0.4, 0.5) is 0 Å². The van der Waals surface area contributed by atoms with Gasteiger partial charge in [-0.1, -0.05) is 42.5 Å². The van der Waals surface area contributed by atoms with Crippen molar-refractivity contribution in [1.29, 1.82) is 0 Å².